The maximum absolute atomic E-state index is 2.30. The van der Waals surface area contributed by atoms with Crippen molar-refractivity contribution in [2.24, 2.45) is 0 Å². The van der Waals surface area contributed by atoms with Gasteiger partial charge in [0.2, 0.25) is 0 Å². The first kappa shape index (κ1) is 20.3. The molecule has 0 unspecified atom stereocenters. The molecule has 0 atom stereocenters. The summed E-state index contributed by atoms with van der Waals surface area (Å²) in [6, 6.07) is 0. The van der Waals surface area contributed by atoms with Gasteiger partial charge in [0.25, 0.3) is 0 Å². The summed E-state index contributed by atoms with van der Waals surface area (Å²) < 4.78 is 1.50. The Morgan fingerprint density at radius 1 is 0.421 bits per heavy atom. The van der Waals surface area contributed by atoms with Crippen LogP contribution in [-0.2, 0) is 0 Å². The Hall–Kier alpha value is 1.26. The third-order valence-corrected chi connectivity index (χ3v) is 4.88. The van der Waals surface area contributed by atoms with Crippen LogP contribution in [0.25, 0.3) is 0 Å². The standard InChI is InChI=1S/C18H37.Ca/c1-3-5-7-9-11-13-15-17-18-16-14-12-10-8-6-4-2;/h1,3-18H2,2H3;. The van der Waals surface area contributed by atoms with Gasteiger partial charge in [0, 0.05) is 0 Å². The van der Waals surface area contributed by atoms with Crippen LogP contribution >= 0.6 is 0 Å². The SMILES string of the molecule is CCCCCCCCCCCCCCCCC[CH2][Ca]. The van der Waals surface area contributed by atoms with Crippen molar-refractivity contribution in [2.75, 3.05) is 0 Å². The van der Waals surface area contributed by atoms with Crippen LogP contribution < -0.4 is 0 Å². The van der Waals surface area contributed by atoms with Gasteiger partial charge in [-0.3, -0.25) is 0 Å². The summed E-state index contributed by atoms with van der Waals surface area (Å²) in [6.07, 6.45) is 23.7. The molecule has 0 saturated heterocycles. The van der Waals surface area contributed by atoms with E-state index in [1.165, 1.54) is 141 Å². The molecule has 0 aliphatic carbocycles. The van der Waals surface area contributed by atoms with Crippen LogP contribution in [0.15, 0.2) is 0 Å². The monoisotopic (exact) mass is 293 g/mol. The molecule has 0 saturated carbocycles. The van der Waals surface area contributed by atoms with Crippen LogP contribution in [-0.4, -0.2) is 35.8 Å². The molecule has 0 spiro atoms. The van der Waals surface area contributed by atoms with Crippen molar-refractivity contribution in [1.82, 2.24) is 0 Å². The van der Waals surface area contributed by atoms with Crippen molar-refractivity contribution in [3.05, 3.63) is 0 Å². The second-order valence-corrected chi connectivity index (χ2v) is 7.26. The van der Waals surface area contributed by atoms with Crippen LogP contribution in [0.2, 0.25) is 2.52 Å². The first-order chi connectivity index (χ1) is 9.41. The fraction of sp³-hybridized carbons (Fsp3) is 1.00. The quantitative estimate of drug-likeness (QED) is 0.216. The Labute approximate surface area is 147 Å². The Kier molecular flexibility index (Phi) is 20.5. The molecule has 0 bridgehead atoms. The molecule has 111 valence electrons. The van der Waals surface area contributed by atoms with E-state index in [-0.39, 0.29) is 0 Å². The second kappa shape index (κ2) is 19.3. The molecule has 0 nitrogen and oxygen atoms in total. The summed E-state index contributed by atoms with van der Waals surface area (Å²) in [4.78, 5) is 0. The summed E-state index contributed by atoms with van der Waals surface area (Å²) in [5.74, 6) is 0. The van der Waals surface area contributed by atoms with Gasteiger partial charge >= 0.3 is 109 Å². The van der Waals surface area contributed by atoms with Gasteiger partial charge in [0.15, 0.2) is 0 Å². The zero-order valence-electron chi connectivity index (χ0n) is 13.7. The third kappa shape index (κ3) is 19.3. The fourth-order valence-corrected chi connectivity index (χ4v) is 3.28. The molecule has 19 heavy (non-hydrogen) atoms. The van der Waals surface area contributed by atoms with Crippen LogP contribution in [0.4, 0.5) is 0 Å². The van der Waals surface area contributed by atoms with Crippen LogP contribution in [0.5, 0.6) is 0 Å². The summed E-state index contributed by atoms with van der Waals surface area (Å²) in [5.41, 5.74) is 0. The van der Waals surface area contributed by atoms with E-state index >= 15 is 0 Å². The maximum atomic E-state index is 2.30. The molecule has 0 N–H and O–H groups in total. The van der Waals surface area contributed by atoms with Crippen molar-refractivity contribution in [2.45, 2.75) is 112 Å². The molecule has 1 radical (unpaired) electrons. The normalized spacial score (nSPS) is 10.9. The zero-order valence-corrected chi connectivity index (χ0v) is 15.9. The number of hydrogen-bond acceptors (Lipinski definition) is 0. The minimum atomic E-state index is 1.38. The predicted octanol–water partition coefficient (Wildman–Crippen LogP) is 6.83. The van der Waals surface area contributed by atoms with E-state index < -0.39 is 0 Å². The van der Waals surface area contributed by atoms with E-state index in [9.17, 15) is 0 Å². The van der Waals surface area contributed by atoms with Crippen LogP contribution in [0.1, 0.15) is 110 Å². The molecular weight excluding hydrogens is 256 g/mol. The first-order valence-electron chi connectivity index (χ1n) is 9.21. The predicted molar refractivity (Wildman–Crippen MR) is 90.1 cm³/mol. The van der Waals surface area contributed by atoms with Gasteiger partial charge in [0.05, 0.1) is 0 Å². The van der Waals surface area contributed by atoms with Gasteiger partial charge in [-0.25, -0.2) is 0 Å². The molecule has 0 aromatic rings. The van der Waals surface area contributed by atoms with Gasteiger partial charge in [-0.05, 0) is 0 Å². The van der Waals surface area contributed by atoms with Gasteiger partial charge in [-0.2, -0.15) is 0 Å². The van der Waals surface area contributed by atoms with Gasteiger partial charge in [-0.1, -0.05) is 39.0 Å². The summed E-state index contributed by atoms with van der Waals surface area (Å²) in [7, 11) is 0. The van der Waals surface area contributed by atoms with Crippen molar-refractivity contribution in [3.63, 3.8) is 0 Å². The van der Waals surface area contributed by atoms with Gasteiger partial charge in [-0.15, -0.1) is 0 Å². The average molecular weight is 294 g/mol. The third-order valence-electron chi connectivity index (χ3n) is 4.10. The molecule has 0 fully saturated rings. The minimum absolute atomic E-state index is 1.38. The first-order valence-corrected chi connectivity index (χ1v) is 10.8. The van der Waals surface area contributed by atoms with Gasteiger partial charge < -0.3 is 0 Å². The Morgan fingerprint density at radius 3 is 0.947 bits per heavy atom. The summed E-state index contributed by atoms with van der Waals surface area (Å²) >= 11 is 1.50. The van der Waals surface area contributed by atoms with E-state index in [1.807, 2.05) is 0 Å². The van der Waals surface area contributed by atoms with Gasteiger partial charge in [0.1, 0.15) is 0 Å². The molecule has 0 aliphatic heterocycles. The number of hydrogen-bond donors (Lipinski definition) is 0. The zero-order chi connectivity index (χ0) is 14.0. The van der Waals surface area contributed by atoms with E-state index in [2.05, 4.69) is 6.92 Å². The molecule has 0 aromatic carbocycles. The van der Waals surface area contributed by atoms with Crippen LogP contribution in [0.3, 0.4) is 0 Å². The molecular formula is C18H37Ca. The van der Waals surface area contributed by atoms with Crippen molar-refractivity contribution in [1.29, 1.82) is 0 Å². The number of rotatable bonds is 16. The van der Waals surface area contributed by atoms with E-state index in [0.717, 1.165) is 0 Å². The fourth-order valence-electron chi connectivity index (χ4n) is 2.72. The summed E-state index contributed by atoms with van der Waals surface area (Å²) in [5, 5.41) is 0. The molecule has 0 rings (SSSR count). The molecule has 0 amide bonds. The Bertz CT molecular complexity index is 129. The Morgan fingerprint density at radius 2 is 0.684 bits per heavy atom. The Balaban J connectivity index is 2.88. The topological polar surface area (TPSA) is 0 Å². The van der Waals surface area contributed by atoms with Crippen molar-refractivity contribution < 1.29 is 0 Å². The second-order valence-electron chi connectivity index (χ2n) is 6.16. The molecule has 0 heterocycles. The molecule has 0 aliphatic rings. The summed E-state index contributed by atoms with van der Waals surface area (Å²) in [6.45, 7) is 2.30. The van der Waals surface area contributed by atoms with Crippen LogP contribution in [0, 0.1) is 0 Å². The van der Waals surface area contributed by atoms with E-state index in [4.69, 9.17) is 0 Å². The molecule has 0 aromatic heterocycles. The van der Waals surface area contributed by atoms with Crippen molar-refractivity contribution >= 4 is 35.8 Å². The average Bonchev–Trinajstić information content (AvgIpc) is 2.43. The molecule has 1 heteroatoms. The van der Waals surface area contributed by atoms with E-state index in [0.29, 0.717) is 0 Å². The van der Waals surface area contributed by atoms with Crippen molar-refractivity contribution in [3.8, 4) is 0 Å². The van der Waals surface area contributed by atoms with E-state index in [1.54, 1.807) is 0 Å². The number of unbranched alkanes of at least 4 members (excludes halogenated alkanes) is 15.